The molecule has 0 radical (unpaired) electrons. The molecule has 0 aromatic rings. The SMILES string of the molecule is O=C([O-])CC([O-])(CC(=O)[O-])C(=O)[O-].[K+].[Na+].[Na+].[Na+]. The van der Waals surface area contributed by atoms with Crippen LogP contribution in [0.15, 0.2) is 0 Å². The first-order valence-electron chi connectivity index (χ1n) is 3.09. The van der Waals surface area contributed by atoms with Gasteiger partial charge in [0, 0.05) is 17.9 Å². The maximum Gasteiger partial charge on any atom is 1.00 e. The normalized spacial score (nSPS) is 8.29. The topological polar surface area (TPSA) is 143 Å². The van der Waals surface area contributed by atoms with Crippen molar-refractivity contribution < 1.29 is 175 Å². The molecule has 74 valence electrons. The molecule has 0 aliphatic rings. The third kappa shape index (κ3) is 15.2. The molecule has 0 amide bonds. The van der Waals surface area contributed by atoms with E-state index in [1.54, 1.807) is 0 Å². The molecule has 0 atom stereocenters. The molecule has 0 saturated carbocycles. The Morgan fingerprint density at radius 2 is 1.06 bits per heavy atom. The summed E-state index contributed by atoms with van der Waals surface area (Å²) in [5, 5.41) is 40.8. The predicted octanol–water partition coefficient (Wildman–Crippen LogP) is -17.9. The zero-order chi connectivity index (χ0) is 10.6. The average Bonchev–Trinajstić information content (AvgIpc) is 1.82. The van der Waals surface area contributed by atoms with E-state index in [2.05, 4.69) is 0 Å². The van der Waals surface area contributed by atoms with E-state index < -0.39 is 36.4 Å². The summed E-state index contributed by atoms with van der Waals surface area (Å²) in [5.41, 5.74) is -3.22. The molecule has 0 spiro atoms. The maximum atomic E-state index is 10.9. The van der Waals surface area contributed by atoms with E-state index in [-0.39, 0.29) is 140 Å². The minimum absolute atomic E-state index is 0. The molecule has 0 heterocycles. The Hall–Kier alpha value is 3.01. The number of hydrogen-bond acceptors (Lipinski definition) is 7. The second-order valence-corrected chi connectivity index (χ2v) is 2.38. The second kappa shape index (κ2) is 15.4. The molecule has 7 nitrogen and oxygen atoms in total. The van der Waals surface area contributed by atoms with Gasteiger partial charge in [-0.25, -0.2) is 0 Å². The smallest absolute Gasteiger partial charge is 0.845 e. The summed E-state index contributed by atoms with van der Waals surface area (Å²) in [4.78, 5) is 29.9. The molecule has 0 N–H and O–H groups in total. The summed E-state index contributed by atoms with van der Waals surface area (Å²) >= 11 is 0. The zero-order valence-corrected chi connectivity index (χ0v) is 19.4. The monoisotopic (exact) mass is 296 g/mol. The van der Waals surface area contributed by atoms with Crippen LogP contribution in [0.1, 0.15) is 12.8 Å². The van der Waals surface area contributed by atoms with Crippen molar-refractivity contribution in [2.45, 2.75) is 18.4 Å². The van der Waals surface area contributed by atoms with Crippen LogP contribution in [0, 0.1) is 0 Å². The van der Waals surface area contributed by atoms with Crippen molar-refractivity contribution in [1.82, 2.24) is 0 Å². The summed E-state index contributed by atoms with van der Waals surface area (Å²) in [6.45, 7) is 0. The first kappa shape index (κ1) is 32.1. The van der Waals surface area contributed by atoms with E-state index in [1.165, 1.54) is 0 Å². The Morgan fingerprint density at radius 3 is 1.18 bits per heavy atom. The number of carboxylic acid groups (broad SMARTS) is 3. The number of hydrogen-bond donors (Lipinski definition) is 0. The number of carboxylic acids is 3. The third-order valence-electron chi connectivity index (χ3n) is 1.23. The van der Waals surface area contributed by atoms with Gasteiger partial charge in [0.15, 0.2) is 0 Å². The third-order valence-corrected chi connectivity index (χ3v) is 1.23. The largest absolute Gasteiger partial charge is 1.00 e. The van der Waals surface area contributed by atoms with Gasteiger partial charge in [0.25, 0.3) is 0 Å². The molecular formula is C6H4KNa3O7. The Bertz CT molecular complexity index is 244. The maximum absolute atomic E-state index is 10.9. The second-order valence-electron chi connectivity index (χ2n) is 2.38. The van der Waals surface area contributed by atoms with E-state index >= 15 is 0 Å². The standard InChI is InChI=1S/C6H7O7.K.3Na/c7-3(8)1-6(13,5(11)12)2-4(9)10;;;;/h1-2H2,(H,7,8)(H,9,10)(H,11,12);;;;/q-1;4*+1/p-3. The van der Waals surface area contributed by atoms with E-state index in [1.807, 2.05) is 0 Å². The quantitative estimate of drug-likeness (QED) is 0.458. The fraction of sp³-hybridized carbons (Fsp3) is 0.500. The molecule has 17 heavy (non-hydrogen) atoms. The van der Waals surface area contributed by atoms with Gasteiger partial charge in [-0.3, -0.25) is 0 Å². The molecule has 11 heteroatoms. The van der Waals surface area contributed by atoms with Crippen molar-refractivity contribution in [3.8, 4) is 0 Å². The van der Waals surface area contributed by atoms with Crippen LogP contribution in [-0.2, 0) is 14.4 Å². The van der Waals surface area contributed by atoms with Crippen LogP contribution < -0.4 is 160 Å². The molecule has 0 fully saturated rings. The van der Waals surface area contributed by atoms with Crippen molar-refractivity contribution in [1.29, 1.82) is 0 Å². The van der Waals surface area contributed by atoms with Gasteiger partial charge in [-0.1, -0.05) is 5.60 Å². The van der Waals surface area contributed by atoms with Gasteiger partial charge in [-0.05, 0) is 12.8 Å². The first-order valence-corrected chi connectivity index (χ1v) is 3.09. The summed E-state index contributed by atoms with van der Waals surface area (Å²) in [6, 6.07) is 0. The van der Waals surface area contributed by atoms with Crippen LogP contribution in [0.5, 0.6) is 0 Å². The predicted molar refractivity (Wildman–Crippen MR) is 27.0 cm³/mol. The summed E-state index contributed by atoms with van der Waals surface area (Å²) in [7, 11) is 0. The molecule has 0 aliphatic carbocycles. The molecule has 0 bridgehead atoms. The Kier molecular flexibility index (Phi) is 29.1. The number of carbonyl (C=O) groups is 3. The number of aliphatic carboxylic acids is 3. The summed E-state index contributed by atoms with van der Waals surface area (Å²) in [5.74, 6) is -6.22. The van der Waals surface area contributed by atoms with Crippen LogP contribution in [0.25, 0.3) is 0 Å². The van der Waals surface area contributed by atoms with Crippen molar-refractivity contribution >= 4 is 17.9 Å². The van der Waals surface area contributed by atoms with Crippen molar-refractivity contribution in [3.63, 3.8) is 0 Å². The van der Waals surface area contributed by atoms with E-state index in [9.17, 15) is 34.8 Å². The van der Waals surface area contributed by atoms with Gasteiger partial charge in [-0.2, -0.15) is 0 Å². The molecule has 0 aromatic carbocycles. The fourth-order valence-corrected chi connectivity index (χ4v) is 0.673. The van der Waals surface area contributed by atoms with Gasteiger partial charge in [0.2, 0.25) is 0 Å². The van der Waals surface area contributed by atoms with Crippen molar-refractivity contribution in [2.75, 3.05) is 0 Å². The Morgan fingerprint density at radius 1 is 0.824 bits per heavy atom. The number of rotatable bonds is 5. The molecule has 0 aliphatic heterocycles. The minimum Gasteiger partial charge on any atom is -0.845 e. The van der Waals surface area contributed by atoms with Gasteiger partial charge < -0.3 is 34.8 Å². The molecular weight excluding hydrogens is 292 g/mol. The summed E-state index contributed by atoms with van der Waals surface area (Å²) < 4.78 is 0. The van der Waals surface area contributed by atoms with Gasteiger partial charge in [0.05, 0.1) is 0 Å². The molecule has 0 rings (SSSR count). The average molecular weight is 296 g/mol. The van der Waals surface area contributed by atoms with E-state index in [0.717, 1.165) is 0 Å². The van der Waals surface area contributed by atoms with Crippen molar-refractivity contribution in [3.05, 3.63) is 0 Å². The van der Waals surface area contributed by atoms with Crippen LogP contribution in [0.2, 0.25) is 0 Å². The van der Waals surface area contributed by atoms with Gasteiger partial charge >= 0.3 is 140 Å². The van der Waals surface area contributed by atoms with Crippen LogP contribution in [0.4, 0.5) is 0 Å². The Balaban J connectivity index is -0.000000120. The van der Waals surface area contributed by atoms with E-state index in [4.69, 9.17) is 0 Å². The zero-order valence-electron chi connectivity index (χ0n) is 10.3. The van der Waals surface area contributed by atoms with Gasteiger partial charge in [-0.15, -0.1) is 0 Å². The van der Waals surface area contributed by atoms with Crippen LogP contribution in [0.3, 0.4) is 0 Å². The van der Waals surface area contributed by atoms with Gasteiger partial charge in [0.1, 0.15) is 0 Å². The molecule has 0 saturated heterocycles. The van der Waals surface area contributed by atoms with Crippen LogP contribution in [-0.4, -0.2) is 23.5 Å². The molecule has 0 unspecified atom stereocenters. The van der Waals surface area contributed by atoms with E-state index in [0.29, 0.717) is 0 Å². The van der Waals surface area contributed by atoms with Crippen molar-refractivity contribution in [2.24, 2.45) is 0 Å². The summed E-state index contributed by atoms with van der Waals surface area (Å²) in [6.07, 6.45) is -2.94. The number of carbonyl (C=O) groups excluding carboxylic acids is 3. The van der Waals surface area contributed by atoms with Crippen LogP contribution >= 0.6 is 0 Å². The minimum atomic E-state index is -3.22. The molecule has 0 aromatic heterocycles. The Labute approximate surface area is 206 Å². The first-order chi connectivity index (χ1) is 5.78. The fourth-order valence-electron chi connectivity index (χ4n) is 0.673.